The van der Waals surface area contributed by atoms with Gasteiger partial charge in [0.15, 0.2) is 0 Å². The molecule has 0 aliphatic carbocycles. The van der Waals surface area contributed by atoms with Crippen LogP contribution in [0.1, 0.15) is 0 Å². The predicted molar refractivity (Wildman–Crippen MR) is 2.75 cm³/mol. The first-order chi connectivity index (χ1) is 4.00. The monoisotopic (exact) mass is 413 g/mol. The van der Waals surface area contributed by atoms with Crippen LogP contribution in [0.15, 0.2) is 0 Å². The summed E-state index contributed by atoms with van der Waals surface area (Å²) in [5.41, 5.74) is 0. The summed E-state index contributed by atoms with van der Waals surface area (Å²) in [6.45, 7) is 0. The summed E-state index contributed by atoms with van der Waals surface area (Å²) in [7, 11) is 0. The molecule has 0 unspecified atom stereocenters. The van der Waals surface area contributed by atoms with Crippen molar-refractivity contribution in [2.75, 3.05) is 0 Å². The Morgan fingerprint density at radius 2 is 0.636 bits per heavy atom. The van der Waals surface area contributed by atoms with E-state index in [1.165, 1.54) is 0 Å². The van der Waals surface area contributed by atoms with Crippen LogP contribution in [0.3, 0.4) is 0 Å². The van der Waals surface area contributed by atoms with E-state index in [0.717, 1.165) is 0 Å². The minimum Gasteiger partial charge on any atom is 0 e. The van der Waals surface area contributed by atoms with Gasteiger partial charge in [-0.15, -0.1) is 0 Å². The molecule has 0 aromatic carbocycles. The Hall–Kier alpha value is 0.845. The number of hydrogen-bond acceptors (Lipinski definition) is 8. The summed E-state index contributed by atoms with van der Waals surface area (Å²) in [6.07, 6.45) is 0. The van der Waals surface area contributed by atoms with Crippen molar-refractivity contribution in [2.24, 2.45) is 0 Å². The van der Waals surface area contributed by atoms with Gasteiger partial charge in [0.05, 0.1) is 0 Å². The van der Waals surface area contributed by atoms with Crippen molar-refractivity contribution in [1.29, 1.82) is 0 Å². The fourth-order valence-electron chi connectivity index (χ4n) is 0. The van der Waals surface area contributed by atoms with E-state index < -0.39 is 27.2 Å². The number of hydrogen-bond donors (Lipinski definition) is 0. The summed E-state index contributed by atoms with van der Waals surface area (Å²) >= 11 is -11.5. The molecule has 0 heterocycles. The van der Waals surface area contributed by atoms with E-state index >= 15 is 0 Å². The second-order valence-corrected chi connectivity index (χ2v) is 3.37. The zero-order valence-electron chi connectivity index (χ0n) is 4.53. The molecule has 0 rings (SSSR count). The third-order valence-corrected chi connectivity index (χ3v) is 0. The molecule has 8 nitrogen and oxygen atoms in total. The Balaban J connectivity index is -0.000000107. The van der Waals surface area contributed by atoms with Gasteiger partial charge in [0.25, 0.3) is 0 Å². The average Bonchev–Trinajstić information content (AvgIpc) is 1.12. The van der Waals surface area contributed by atoms with Crippen molar-refractivity contribution in [2.45, 2.75) is 0 Å². The van der Waals surface area contributed by atoms with Gasteiger partial charge in [0.1, 0.15) is 0 Å². The standard InChI is InChI=1S/2Cr.8O.Ta/q;;;;;;4*-1;. The molecular formula is Cr2O8Ta-4. The Morgan fingerprint density at radius 3 is 0.636 bits per heavy atom. The summed E-state index contributed by atoms with van der Waals surface area (Å²) in [5.74, 6) is 0. The molecule has 0 aromatic rings. The van der Waals surface area contributed by atoms with E-state index in [4.69, 9.17) is 31.8 Å². The van der Waals surface area contributed by atoms with Gasteiger partial charge < -0.3 is 0 Å². The van der Waals surface area contributed by atoms with Crippen molar-refractivity contribution in [3.8, 4) is 0 Å². The van der Waals surface area contributed by atoms with Crippen LogP contribution in [-0.2, 0) is 64.8 Å². The van der Waals surface area contributed by atoms with Gasteiger partial charge in [-0.1, -0.05) is 0 Å². The first-order valence-electron chi connectivity index (χ1n) is 1.33. The smallest absolute Gasteiger partial charge is 0 e. The molecule has 11 heavy (non-hydrogen) atoms. The van der Waals surface area contributed by atoms with Gasteiger partial charge in [0, 0.05) is 22.4 Å². The van der Waals surface area contributed by atoms with E-state index in [-0.39, 0.29) is 22.4 Å². The maximum atomic E-state index is 8.59. The van der Waals surface area contributed by atoms with Crippen LogP contribution in [0.2, 0.25) is 0 Å². The van der Waals surface area contributed by atoms with E-state index in [0.29, 0.717) is 0 Å². The SMILES string of the molecule is [O]=[Cr](=[O])([O-])[O-].[O]=[Cr](=[O])([O-])[O-].[Ta]. The maximum Gasteiger partial charge on any atom is 0 e. The summed E-state index contributed by atoms with van der Waals surface area (Å²) in [6, 6.07) is 0. The number of rotatable bonds is 0. The van der Waals surface area contributed by atoms with Gasteiger partial charge in [0.2, 0.25) is 0 Å². The third kappa shape index (κ3) is 1190. The Bertz CT molecular complexity index is 208. The van der Waals surface area contributed by atoms with Crippen molar-refractivity contribution in [3.63, 3.8) is 0 Å². The molecule has 0 N–H and O–H groups in total. The minimum absolute atomic E-state index is 0. The Kier molecular flexibility index (Phi) is 10.3. The fourth-order valence-corrected chi connectivity index (χ4v) is 0. The van der Waals surface area contributed by atoms with Crippen molar-refractivity contribution in [1.82, 2.24) is 0 Å². The zero-order valence-corrected chi connectivity index (χ0v) is 10.3. The minimum atomic E-state index is -5.75. The molecule has 0 bridgehead atoms. The molecule has 0 saturated heterocycles. The molecule has 0 aliphatic rings. The molecule has 0 fully saturated rings. The average molecular weight is 413 g/mol. The molecule has 69 valence electrons. The zero-order chi connectivity index (χ0) is 9.00. The van der Waals surface area contributed by atoms with Gasteiger partial charge in [-0.05, 0) is 0 Å². The molecule has 0 spiro atoms. The third-order valence-electron chi connectivity index (χ3n) is 0. The second-order valence-electron chi connectivity index (χ2n) is 0.816. The van der Waals surface area contributed by atoms with Crippen LogP contribution < -0.4 is 16.6 Å². The van der Waals surface area contributed by atoms with E-state index in [2.05, 4.69) is 0 Å². The summed E-state index contributed by atoms with van der Waals surface area (Å²) in [4.78, 5) is 0. The van der Waals surface area contributed by atoms with E-state index in [9.17, 15) is 0 Å². The van der Waals surface area contributed by atoms with Crippen molar-refractivity contribution >= 4 is 0 Å². The van der Waals surface area contributed by atoms with Crippen molar-refractivity contribution in [3.05, 3.63) is 0 Å². The topological polar surface area (TPSA) is 161 Å². The van der Waals surface area contributed by atoms with Gasteiger partial charge >= 0.3 is 59.1 Å². The quantitative estimate of drug-likeness (QED) is 0.381. The van der Waals surface area contributed by atoms with Gasteiger partial charge in [-0.3, -0.25) is 0 Å². The van der Waals surface area contributed by atoms with Gasteiger partial charge in [-0.2, -0.15) is 0 Å². The van der Waals surface area contributed by atoms with E-state index in [1.54, 1.807) is 0 Å². The summed E-state index contributed by atoms with van der Waals surface area (Å²) < 4.78 is 68.8. The van der Waals surface area contributed by atoms with Crippen LogP contribution in [-0.4, -0.2) is 0 Å². The first kappa shape index (κ1) is 17.8. The molecule has 0 atom stereocenters. The largest absolute Gasteiger partial charge is 0 e. The van der Waals surface area contributed by atoms with Crippen LogP contribution in [0.25, 0.3) is 0 Å². The van der Waals surface area contributed by atoms with Crippen LogP contribution in [0.5, 0.6) is 0 Å². The van der Waals surface area contributed by atoms with Gasteiger partial charge in [-0.25, -0.2) is 0 Å². The van der Waals surface area contributed by atoms with Crippen LogP contribution in [0.4, 0.5) is 0 Å². The van der Waals surface area contributed by atoms with Crippen molar-refractivity contribution < 1.29 is 81.5 Å². The normalized spacial score (nSPS) is 10.5. The molecular weight excluding hydrogens is 413 g/mol. The Morgan fingerprint density at radius 1 is 0.636 bits per heavy atom. The molecule has 11 heteroatoms. The molecule has 1 radical (unpaired) electrons. The predicted octanol–water partition coefficient (Wildman–Crippen LogP) is -5.24. The maximum absolute atomic E-state index is 8.59. The molecule has 0 aromatic heterocycles. The molecule has 0 saturated carbocycles. The first-order valence-corrected chi connectivity index (χ1v) is 5.50. The van der Waals surface area contributed by atoms with E-state index in [1.807, 2.05) is 0 Å². The molecule has 0 amide bonds. The van der Waals surface area contributed by atoms with Crippen LogP contribution in [0, 0.1) is 0 Å². The second kappa shape index (κ2) is 6.37. The summed E-state index contributed by atoms with van der Waals surface area (Å²) in [5, 5.41) is 0. The fraction of sp³-hybridized carbons (Fsp3) is 0. The molecule has 0 aliphatic heterocycles. The van der Waals surface area contributed by atoms with Crippen LogP contribution >= 0.6 is 0 Å². The Labute approximate surface area is 81.1 Å².